The highest BCUT2D eigenvalue weighted by Crippen LogP contribution is 2.28. The predicted octanol–water partition coefficient (Wildman–Crippen LogP) is 4.23. The number of aromatic nitrogens is 1. The lowest BCUT2D eigenvalue weighted by Crippen LogP contribution is -2.19. The van der Waals surface area contributed by atoms with Crippen molar-refractivity contribution in [1.82, 2.24) is 9.88 Å². The van der Waals surface area contributed by atoms with E-state index in [1.807, 2.05) is 19.0 Å². The van der Waals surface area contributed by atoms with E-state index in [1.54, 1.807) is 18.2 Å². The lowest BCUT2D eigenvalue weighted by Gasteiger charge is -2.13. The van der Waals surface area contributed by atoms with E-state index in [9.17, 15) is 4.79 Å². The summed E-state index contributed by atoms with van der Waals surface area (Å²) in [4.78, 5) is 18.0. The summed E-state index contributed by atoms with van der Waals surface area (Å²) in [7, 11) is 3.92. The first kappa shape index (κ1) is 18.8. The second-order valence-electron chi connectivity index (χ2n) is 5.25. The highest BCUT2D eigenvalue weighted by molar-refractivity contribution is 6.33. The lowest BCUT2D eigenvalue weighted by atomic mass is 10.2. The van der Waals surface area contributed by atoms with Crippen LogP contribution >= 0.6 is 34.8 Å². The summed E-state index contributed by atoms with van der Waals surface area (Å²) in [6.07, 6.45) is 0. The number of halogens is 3. The number of rotatable bonds is 6. The van der Waals surface area contributed by atoms with Gasteiger partial charge >= 0.3 is 0 Å². The van der Waals surface area contributed by atoms with E-state index in [1.165, 1.54) is 12.1 Å². The Labute approximate surface area is 155 Å². The van der Waals surface area contributed by atoms with Crippen molar-refractivity contribution in [2.24, 2.45) is 0 Å². The number of carbonyl (C=O) groups excluding carboxylic acids is 1. The summed E-state index contributed by atoms with van der Waals surface area (Å²) >= 11 is 17.8. The molecule has 0 aliphatic rings. The summed E-state index contributed by atoms with van der Waals surface area (Å²) in [5, 5.41) is 3.43. The van der Waals surface area contributed by atoms with Crippen LogP contribution in [0.3, 0.4) is 0 Å². The maximum Gasteiger partial charge on any atom is 0.255 e. The van der Waals surface area contributed by atoms with Gasteiger partial charge in [-0.15, -0.1) is 0 Å². The van der Waals surface area contributed by atoms with Crippen LogP contribution in [-0.4, -0.2) is 43.0 Å². The standard InChI is InChI=1S/C16H16Cl3N3O2/c1-22(2)5-6-24-13-4-3-11(9-12(13)17)20-16(23)10-7-14(18)21-15(19)8-10/h3-4,7-9H,5-6H2,1-2H3,(H,20,23). The zero-order valence-electron chi connectivity index (χ0n) is 13.1. The Hall–Kier alpha value is -1.53. The molecule has 1 N–H and O–H groups in total. The zero-order chi connectivity index (χ0) is 17.7. The maximum absolute atomic E-state index is 12.2. The molecule has 1 aromatic carbocycles. The smallest absolute Gasteiger partial charge is 0.255 e. The minimum absolute atomic E-state index is 0.148. The maximum atomic E-state index is 12.2. The normalized spacial score (nSPS) is 10.8. The second-order valence-corrected chi connectivity index (χ2v) is 6.43. The topological polar surface area (TPSA) is 54.5 Å². The number of hydrogen-bond donors (Lipinski definition) is 1. The summed E-state index contributed by atoms with van der Waals surface area (Å²) in [5.74, 6) is 0.199. The number of benzene rings is 1. The van der Waals surface area contributed by atoms with Crippen LogP contribution in [0.1, 0.15) is 10.4 Å². The van der Waals surface area contributed by atoms with E-state index in [2.05, 4.69) is 10.3 Å². The molecule has 1 aromatic heterocycles. The van der Waals surface area contributed by atoms with Crippen LogP contribution in [0, 0.1) is 0 Å². The predicted molar refractivity (Wildman–Crippen MR) is 97.7 cm³/mol. The molecule has 128 valence electrons. The number of pyridine rings is 1. The number of nitrogens with one attached hydrogen (secondary N) is 1. The van der Waals surface area contributed by atoms with Gasteiger partial charge in [-0.05, 0) is 44.4 Å². The van der Waals surface area contributed by atoms with Crippen molar-refractivity contribution in [3.63, 3.8) is 0 Å². The summed E-state index contributed by atoms with van der Waals surface area (Å²) in [5.41, 5.74) is 0.844. The molecule has 2 aromatic rings. The molecule has 0 spiro atoms. The van der Waals surface area contributed by atoms with E-state index < -0.39 is 0 Å². The van der Waals surface area contributed by atoms with E-state index >= 15 is 0 Å². The summed E-state index contributed by atoms with van der Waals surface area (Å²) in [6, 6.07) is 7.90. The average molecular weight is 389 g/mol. The molecule has 0 unspecified atom stereocenters. The molecule has 0 saturated carbocycles. The molecule has 0 saturated heterocycles. The van der Waals surface area contributed by atoms with E-state index in [-0.39, 0.29) is 16.2 Å². The lowest BCUT2D eigenvalue weighted by molar-refractivity contribution is 0.102. The van der Waals surface area contributed by atoms with Crippen molar-refractivity contribution in [3.05, 3.63) is 51.2 Å². The van der Waals surface area contributed by atoms with Crippen LogP contribution in [0.15, 0.2) is 30.3 Å². The zero-order valence-corrected chi connectivity index (χ0v) is 15.4. The molecular formula is C16H16Cl3N3O2. The van der Waals surface area contributed by atoms with Gasteiger partial charge in [0.2, 0.25) is 0 Å². The van der Waals surface area contributed by atoms with Crippen LogP contribution in [0.5, 0.6) is 5.75 Å². The molecule has 5 nitrogen and oxygen atoms in total. The van der Waals surface area contributed by atoms with Gasteiger partial charge in [0.05, 0.1) is 5.02 Å². The second kappa shape index (κ2) is 8.53. The van der Waals surface area contributed by atoms with Crippen LogP contribution in [0.4, 0.5) is 5.69 Å². The molecule has 1 amide bonds. The van der Waals surface area contributed by atoms with E-state index in [0.29, 0.717) is 28.6 Å². The third-order valence-electron chi connectivity index (χ3n) is 3.01. The van der Waals surface area contributed by atoms with Crippen LogP contribution in [0.2, 0.25) is 15.3 Å². The average Bonchev–Trinajstić information content (AvgIpc) is 2.48. The molecule has 0 aliphatic carbocycles. The quantitative estimate of drug-likeness (QED) is 0.752. The highest BCUT2D eigenvalue weighted by Gasteiger charge is 2.11. The van der Waals surface area contributed by atoms with Crippen LogP contribution in [-0.2, 0) is 0 Å². The molecule has 0 atom stereocenters. The van der Waals surface area contributed by atoms with Crippen molar-refractivity contribution >= 4 is 46.4 Å². The highest BCUT2D eigenvalue weighted by atomic mass is 35.5. The Kier molecular flexibility index (Phi) is 6.69. The molecule has 2 rings (SSSR count). The minimum atomic E-state index is -0.362. The van der Waals surface area contributed by atoms with Crippen LogP contribution in [0.25, 0.3) is 0 Å². The number of carbonyl (C=O) groups is 1. The van der Waals surface area contributed by atoms with Crippen molar-refractivity contribution < 1.29 is 9.53 Å². The van der Waals surface area contributed by atoms with Crippen molar-refractivity contribution in [2.45, 2.75) is 0 Å². The Balaban J connectivity index is 2.04. The number of nitrogens with zero attached hydrogens (tertiary/aromatic N) is 2. The van der Waals surface area contributed by atoms with Gasteiger partial charge in [0.1, 0.15) is 22.7 Å². The van der Waals surface area contributed by atoms with Crippen molar-refractivity contribution in [1.29, 1.82) is 0 Å². The molecule has 1 heterocycles. The van der Waals surface area contributed by atoms with Gasteiger partial charge in [0, 0.05) is 17.8 Å². The fourth-order valence-electron chi connectivity index (χ4n) is 1.83. The van der Waals surface area contributed by atoms with Gasteiger partial charge < -0.3 is 15.0 Å². The van der Waals surface area contributed by atoms with Crippen LogP contribution < -0.4 is 10.1 Å². The first-order chi connectivity index (χ1) is 11.3. The molecule has 0 fully saturated rings. The monoisotopic (exact) mass is 387 g/mol. The summed E-state index contributed by atoms with van der Waals surface area (Å²) < 4.78 is 5.59. The van der Waals surface area contributed by atoms with Gasteiger partial charge in [0.25, 0.3) is 5.91 Å². The Morgan fingerprint density at radius 1 is 1.17 bits per heavy atom. The summed E-state index contributed by atoms with van der Waals surface area (Å²) in [6.45, 7) is 1.30. The molecular weight excluding hydrogens is 373 g/mol. The third kappa shape index (κ3) is 5.53. The molecule has 0 aliphatic heterocycles. The Bertz CT molecular complexity index is 718. The first-order valence-electron chi connectivity index (χ1n) is 7.06. The number of ether oxygens (including phenoxy) is 1. The minimum Gasteiger partial charge on any atom is -0.491 e. The van der Waals surface area contributed by atoms with E-state index in [4.69, 9.17) is 39.5 Å². The fraction of sp³-hybridized carbons (Fsp3) is 0.250. The van der Waals surface area contributed by atoms with Gasteiger partial charge in [-0.3, -0.25) is 4.79 Å². The van der Waals surface area contributed by atoms with Gasteiger partial charge in [-0.25, -0.2) is 4.98 Å². The molecule has 0 bridgehead atoms. The number of hydrogen-bond acceptors (Lipinski definition) is 4. The van der Waals surface area contributed by atoms with Gasteiger partial charge in [-0.2, -0.15) is 0 Å². The SMILES string of the molecule is CN(C)CCOc1ccc(NC(=O)c2cc(Cl)nc(Cl)c2)cc1Cl. The van der Waals surface area contributed by atoms with Gasteiger partial charge in [-0.1, -0.05) is 34.8 Å². The van der Waals surface area contributed by atoms with E-state index in [0.717, 1.165) is 6.54 Å². The third-order valence-corrected chi connectivity index (χ3v) is 3.69. The Morgan fingerprint density at radius 3 is 2.42 bits per heavy atom. The molecule has 24 heavy (non-hydrogen) atoms. The number of anilines is 1. The first-order valence-corrected chi connectivity index (χ1v) is 8.20. The Morgan fingerprint density at radius 2 is 1.83 bits per heavy atom. The largest absolute Gasteiger partial charge is 0.491 e. The number of amides is 1. The fourth-order valence-corrected chi connectivity index (χ4v) is 2.53. The molecule has 8 heteroatoms. The van der Waals surface area contributed by atoms with Crippen molar-refractivity contribution in [2.75, 3.05) is 32.6 Å². The van der Waals surface area contributed by atoms with Gasteiger partial charge in [0.15, 0.2) is 0 Å². The van der Waals surface area contributed by atoms with Crippen molar-refractivity contribution in [3.8, 4) is 5.75 Å². The number of likely N-dealkylation sites (N-methyl/N-ethyl adjacent to an activating group) is 1. The molecule has 0 radical (unpaired) electrons.